The number of aromatic nitrogens is 3. The monoisotopic (exact) mass is 563 g/mol. The SMILES string of the molecule is C=CS(=O)(=O)c1cccc(-n2c(=O)n(C3CC3)c(=O)c3c(Nc4ccc(C#N)cc4F)cc(=O)n([NH2+]CC)c32)c1. The summed E-state index contributed by atoms with van der Waals surface area (Å²) in [5, 5.41) is 12.6. The van der Waals surface area contributed by atoms with Crippen molar-refractivity contribution >= 4 is 32.2 Å². The number of nitrogens with one attached hydrogen (secondary N) is 1. The van der Waals surface area contributed by atoms with Crippen LogP contribution in [0.5, 0.6) is 0 Å². The summed E-state index contributed by atoms with van der Waals surface area (Å²) in [5.74, 6) is -0.783. The van der Waals surface area contributed by atoms with Gasteiger partial charge in [-0.1, -0.05) is 12.6 Å². The fraction of sp³-hybridized carbons (Fsp3) is 0.185. The Labute approximate surface area is 226 Å². The van der Waals surface area contributed by atoms with Gasteiger partial charge in [0.25, 0.3) is 11.1 Å². The van der Waals surface area contributed by atoms with Crippen LogP contribution in [0.15, 0.2) is 79.8 Å². The molecule has 1 aliphatic rings. The molecular formula is C27H24FN6O5S+. The van der Waals surface area contributed by atoms with Crippen molar-refractivity contribution in [1.82, 2.24) is 13.8 Å². The molecule has 1 saturated carbocycles. The molecule has 5 rings (SSSR count). The standard InChI is InChI=1S/C27H23FN6O5S/c1-3-30-34-23(35)14-22(31-21-11-8-16(15-29)12-20(21)28)24-25(34)32(27(37)33(26(24)36)17-9-10-17)18-6-5-7-19(13-18)40(38,39)4-2/h4-8,11-14,17,30-31H,2-3,9-10H2,1H3/p+1. The molecule has 2 aromatic heterocycles. The first kappa shape index (κ1) is 26.8. The number of rotatable bonds is 8. The average Bonchev–Trinajstić information content (AvgIpc) is 3.77. The molecular weight excluding hydrogens is 539 g/mol. The molecule has 0 radical (unpaired) electrons. The van der Waals surface area contributed by atoms with Gasteiger partial charge in [0.15, 0.2) is 15.5 Å². The van der Waals surface area contributed by atoms with Crippen molar-refractivity contribution < 1.29 is 18.2 Å². The van der Waals surface area contributed by atoms with Gasteiger partial charge in [-0.3, -0.25) is 14.2 Å². The first-order chi connectivity index (χ1) is 19.1. The van der Waals surface area contributed by atoms with E-state index >= 15 is 0 Å². The van der Waals surface area contributed by atoms with Gasteiger partial charge in [-0.25, -0.2) is 27.6 Å². The van der Waals surface area contributed by atoms with Gasteiger partial charge in [0.1, 0.15) is 11.2 Å². The number of hydrogen-bond donors (Lipinski definition) is 2. The minimum Gasteiger partial charge on any atom is -0.352 e. The summed E-state index contributed by atoms with van der Waals surface area (Å²) in [6, 6.07) is 11.8. The molecule has 40 heavy (non-hydrogen) atoms. The molecule has 0 bridgehead atoms. The van der Waals surface area contributed by atoms with E-state index in [0.717, 1.165) is 31.4 Å². The van der Waals surface area contributed by atoms with Gasteiger partial charge in [0.05, 0.1) is 40.1 Å². The van der Waals surface area contributed by atoms with E-state index < -0.39 is 32.5 Å². The Morgan fingerprint density at radius 3 is 2.52 bits per heavy atom. The zero-order valence-electron chi connectivity index (χ0n) is 21.3. The van der Waals surface area contributed by atoms with Gasteiger partial charge in [0, 0.05) is 17.5 Å². The third-order valence-corrected chi connectivity index (χ3v) is 7.89. The predicted molar refractivity (Wildman–Crippen MR) is 146 cm³/mol. The van der Waals surface area contributed by atoms with Crippen LogP contribution < -0.4 is 27.6 Å². The highest BCUT2D eigenvalue weighted by Crippen LogP contribution is 2.33. The second-order valence-corrected chi connectivity index (χ2v) is 11.1. The van der Waals surface area contributed by atoms with Crippen molar-refractivity contribution in [1.29, 1.82) is 5.26 Å². The van der Waals surface area contributed by atoms with Crippen LogP contribution in [0, 0.1) is 17.1 Å². The first-order valence-electron chi connectivity index (χ1n) is 12.4. The molecule has 0 unspecified atom stereocenters. The van der Waals surface area contributed by atoms with E-state index in [0.29, 0.717) is 19.4 Å². The van der Waals surface area contributed by atoms with Crippen molar-refractivity contribution in [2.75, 3.05) is 11.9 Å². The van der Waals surface area contributed by atoms with Crippen molar-refractivity contribution in [3.63, 3.8) is 0 Å². The summed E-state index contributed by atoms with van der Waals surface area (Å²) in [6.07, 6.45) is 1.17. The molecule has 1 aliphatic carbocycles. The van der Waals surface area contributed by atoms with E-state index in [1.54, 1.807) is 6.92 Å². The highest BCUT2D eigenvalue weighted by Gasteiger charge is 2.32. The van der Waals surface area contributed by atoms with Crippen LogP contribution in [-0.2, 0) is 9.84 Å². The molecule has 11 nitrogen and oxygen atoms in total. The average molecular weight is 564 g/mol. The van der Waals surface area contributed by atoms with E-state index in [1.807, 2.05) is 6.07 Å². The van der Waals surface area contributed by atoms with Crippen LogP contribution >= 0.6 is 0 Å². The molecule has 0 amide bonds. The zero-order chi connectivity index (χ0) is 28.8. The number of nitrogens with zero attached hydrogens (tertiary/aromatic N) is 4. The first-order valence-corrected chi connectivity index (χ1v) is 13.9. The maximum Gasteiger partial charge on any atom is 0.337 e. The van der Waals surface area contributed by atoms with Crippen LogP contribution in [-0.4, -0.2) is 28.8 Å². The maximum absolute atomic E-state index is 14.8. The summed E-state index contributed by atoms with van der Waals surface area (Å²) in [7, 11) is -3.88. The Bertz CT molecular complexity index is 2030. The number of nitriles is 1. The number of quaternary nitrogens is 1. The fourth-order valence-corrected chi connectivity index (χ4v) is 5.26. The zero-order valence-corrected chi connectivity index (χ0v) is 22.1. The number of hydrogen-bond acceptors (Lipinski definition) is 7. The molecule has 0 aliphatic heterocycles. The highest BCUT2D eigenvalue weighted by atomic mass is 32.2. The Morgan fingerprint density at radius 1 is 1.15 bits per heavy atom. The van der Waals surface area contributed by atoms with Gasteiger partial charge in [0.2, 0.25) is 0 Å². The predicted octanol–water partition coefficient (Wildman–Crippen LogP) is 1.67. The lowest BCUT2D eigenvalue weighted by atomic mass is 10.2. The van der Waals surface area contributed by atoms with Crippen LogP contribution in [0.2, 0.25) is 0 Å². The van der Waals surface area contributed by atoms with E-state index in [-0.39, 0.29) is 44.6 Å². The summed E-state index contributed by atoms with van der Waals surface area (Å²) in [4.78, 5) is 41.0. The second-order valence-electron chi connectivity index (χ2n) is 9.22. The van der Waals surface area contributed by atoms with Crippen molar-refractivity contribution in [3.05, 3.63) is 103 Å². The lowest BCUT2D eigenvalue weighted by Crippen LogP contribution is -2.90. The second kappa shape index (κ2) is 10.1. The molecule has 13 heteroatoms. The number of benzene rings is 2. The van der Waals surface area contributed by atoms with Gasteiger partial charge in [-0.2, -0.15) is 5.26 Å². The molecule has 0 spiro atoms. The molecule has 0 saturated heterocycles. The number of pyridine rings is 1. The van der Waals surface area contributed by atoms with Crippen LogP contribution in [0.3, 0.4) is 0 Å². The van der Waals surface area contributed by atoms with Crippen LogP contribution in [0.25, 0.3) is 16.7 Å². The van der Waals surface area contributed by atoms with Crippen molar-refractivity contribution in [2.45, 2.75) is 30.7 Å². The highest BCUT2D eigenvalue weighted by molar-refractivity contribution is 7.94. The fourth-order valence-electron chi connectivity index (χ4n) is 4.52. The van der Waals surface area contributed by atoms with Gasteiger partial charge >= 0.3 is 5.69 Å². The smallest absolute Gasteiger partial charge is 0.337 e. The Hall–Kier alpha value is -4.80. The summed E-state index contributed by atoms with van der Waals surface area (Å²) in [6.45, 7) is 5.47. The molecule has 2 heterocycles. The van der Waals surface area contributed by atoms with Crippen molar-refractivity contribution in [2.24, 2.45) is 0 Å². The number of fused-ring (bicyclic) bond motifs is 1. The lowest BCUT2D eigenvalue weighted by molar-refractivity contribution is -0.706. The Morgan fingerprint density at radius 2 is 1.90 bits per heavy atom. The minimum atomic E-state index is -3.88. The Kier molecular flexibility index (Phi) is 6.74. The molecule has 0 atom stereocenters. The van der Waals surface area contributed by atoms with Crippen LogP contribution in [0.4, 0.5) is 15.8 Å². The summed E-state index contributed by atoms with van der Waals surface area (Å²) in [5.41, 5.74) is -0.595. The number of sulfone groups is 1. The molecule has 4 aromatic rings. The summed E-state index contributed by atoms with van der Waals surface area (Å²) >= 11 is 0. The lowest BCUT2D eigenvalue weighted by Gasteiger charge is -2.19. The van der Waals surface area contributed by atoms with E-state index in [9.17, 15) is 27.2 Å². The number of nitrogens with two attached hydrogens (primary N) is 1. The summed E-state index contributed by atoms with van der Waals surface area (Å²) < 4.78 is 43.3. The van der Waals surface area contributed by atoms with E-state index in [4.69, 9.17) is 5.26 Å². The quantitative estimate of drug-likeness (QED) is 0.309. The number of anilines is 2. The van der Waals surface area contributed by atoms with Gasteiger partial charge in [-0.15, -0.1) is 4.68 Å². The maximum atomic E-state index is 14.8. The molecule has 3 N–H and O–H groups in total. The third-order valence-electron chi connectivity index (χ3n) is 6.54. The number of halogens is 1. The van der Waals surface area contributed by atoms with Gasteiger partial charge in [-0.05, 0) is 56.2 Å². The molecule has 204 valence electrons. The van der Waals surface area contributed by atoms with Crippen molar-refractivity contribution in [3.8, 4) is 11.8 Å². The van der Waals surface area contributed by atoms with Crippen LogP contribution in [0.1, 0.15) is 31.4 Å². The topological polar surface area (TPSA) is 153 Å². The van der Waals surface area contributed by atoms with E-state index in [2.05, 4.69) is 11.9 Å². The normalized spacial score (nSPS) is 13.2. The van der Waals surface area contributed by atoms with Gasteiger partial charge < -0.3 is 5.32 Å². The molecule has 1 fully saturated rings. The largest absolute Gasteiger partial charge is 0.352 e. The third kappa shape index (κ3) is 4.53. The minimum absolute atomic E-state index is 0.0487. The molecule has 2 aromatic carbocycles. The Balaban J connectivity index is 1.92. The van der Waals surface area contributed by atoms with E-state index in [1.165, 1.54) is 41.8 Å².